The Bertz CT molecular complexity index is 471. The van der Waals surface area contributed by atoms with Gasteiger partial charge in [-0.3, -0.25) is 14.4 Å². The summed E-state index contributed by atoms with van der Waals surface area (Å²) in [7, 11) is 0. The van der Waals surface area contributed by atoms with Crippen molar-refractivity contribution in [2.45, 2.75) is 18.9 Å². The number of carbonyl (C=O) groups is 3. The molecular weight excluding hydrogens is 258 g/mol. The molecule has 1 aromatic rings. The minimum atomic E-state index is -1.02. The van der Waals surface area contributed by atoms with Crippen molar-refractivity contribution in [1.82, 2.24) is 0 Å². The lowest BCUT2D eigenvalue weighted by Crippen LogP contribution is -2.36. The van der Waals surface area contributed by atoms with E-state index in [4.69, 9.17) is 16.6 Å². The molecule has 1 rings (SSSR count). The van der Waals surface area contributed by atoms with Crippen LogP contribution in [0.15, 0.2) is 11.4 Å². The Morgan fingerprint density at radius 1 is 1.44 bits per heavy atom. The van der Waals surface area contributed by atoms with Gasteiger partial charge < -0.3 is 21.9 Å². The van der Waals surface area contributed by atoms with Crippen molar-refractivity contribution in [3.05, 3.63) is 17.0 Å². The molecule has 0 aliphatic heterocycles. The number of nitrogens with two attached hydrogens (primary N) is 2. The molecule has 0 saturated heterocycles. The molecule has 0 aliphatic carbocycles. The third-order valence-corrected chi connectivity index (χ3v) is 3.00. The van der Waals surface area contributed by atoms with Gasteiger partial charge in [0.2, 0.25) is 5.91 Å². The highest BCUT2D eigenvalue weighted by atomic mass is 32.1. The van der Waals surface area contributed by atoms with Crippen LogP contribution in [0.3, 0.4) is 0 Å². The van der Waals surface area contributed by atoms with Crippen LogP contribution in [0.1, 0.15) is 23.2 Å². The van der Waals surface area contributed by atoms with Crippen molar-refractivity contribution >= 4 is 34.1 Å². The molecule has 0 aromatic carbocycles. The standard InChI is InChI=1S/C10H13N3O4S/c11-6(1-2-7(14)15)9(17)13-10-5(8(12)16)3-4-18-10/h3-4,6H,1-2,11H2,(H2,12,16)(H,13,17)(H,14,15). The fourth-order valence-corrected chi connectivity index (χ4v) is 2.01. The highest BCUT2D eigenvalue weighted by Gasteiger charge is 2.18. The van der Waals surface area contributed by atoms with Crippen LogP contribution in [0, 0.1) is 0 Å². The SMILES string of the molecule is NC(=O)c1ccsc1NC(=O)C(N)CCC(=O)O. The molecule has 1 heterocycles. The summed E-state index contributed by atoms with van der Waals surface area (Å²) in [6, 6.07) is 0.551. The lowest BCUT2D eigenvalue weighted by atomic mass is 10.1. The Hall–Kier alpha value is -1.93. The van der Waals surface area contributed by atoms with Crippen LogP contribution in [0.4, 0.5) is 5.00 Å². The van der Waals surface area contributed by atoms with Gasteiger partial charge in [0.05, 0.1) is 11.6 Å². The number of carboxylic acids is 1. The summed E-state index contributed by atoms with van der Waals surface area (Å²) in [6.45, 7) is 0. The first kappa shape index (κ1) is 14.1. The predicted molar refractivity (Wildman–Crippen MR) is 66.3 cm³/mol. The number of thiophene rings is 1. The average molecular weight is 271 g/mol. The molecular formula is C10H13N3O4S. The number of hydrogen-bond acceptors (Lipinski definition) is 5. The second kappa shape index (κ2) is 6.12. The van der Waals surface area contributed by atoms with Crippen molar-refractivity contribution in [3.63, 3.8) is 0 Å². The molecule has 7 nitrogen and oxygen atoms in total. The second-order valence-corrected chi connectivity index (χ2v) is 4.47. The Balaban J connectivity index is 2.61. The van der Waals surface area contributed by atoms with Gasteiger partial charge >= 0.3 is 5.97 Å². The van der Waals surface area contributed by atoms with Crippen LogP contribution >= 0.6 is 11.3 Å². The quantitative estimate of drug-likeness (QED) is 0.576. The van der Waals surface area contributed by atoms with Gasteiger partial charge in [0.1, 0.15) is 5.00 Å². The largest absolute Gasteiger partial charge is 0.481 e. The number of carboxylic acid groups (broad SMARTS) is 1. The zero-order valence-corrected chi connectivity index (χ0v) is 10.2. The molecule has 98 valence electrons. The fraction of sp³-hybridized carbons (Fsp3) is 0.300. The zero-order valence-electron chi connectivity index (χ0n) is 9.38. The number of rotatable bonds is 6. The van der Waals surface area contributed by atoms with Gasteiger partial charge in [-0.25, -0.2) is 0 Å². The molecule has 0 saturated carbocycles. The molecule has 1 atom stereocenters. The Labute approximate surface area is 107 Å². The van der Waals surface area contributed by atoms with Crippen molar-refractivity contribution < 1.29 is 19.5 Å². The predicted octanol–water partition coefficient (Wildman–Crippen LogP) is -0.0224. The van der Waals surface area contributed by atoms with Crippen LogP contribution in [-0.4, -0.2) is 28.9 Å². The van der Waals surface area contributed by atoms with E-state index in [0.29, 0.717) is 5.00 Å². The minimum absolute atomic E-state index is 0.0262. The van der Waals surface area contributed by atoms with Gasteiger partial charge in [0.25, 0.3) is 5.91 Å². The molecule has 0 spiro atoms. The van der Waals surface area contributed by atoms with E-state index in [1.807, 2.05) is 0 Å². The van der Waals surface area contributed by atoms with Crippen LogP contribution in [-0.2, 0) is 9.59 Å². The summed E-state index contributed by atoms with van der Waals surface area (Å²) >= 11 is 1.14. The lowest BCUT2D eigenvalue weighted by molar-refractivity contribution is -0.137. The summed E-state index contributed by atoms with van der Waals surface area (Å²) in [4.78, 5) is 33.0. The number of anilines is 1. The van der Waals surface area contributed by atoms with Crippen LogP contribution in [0.2, 0.25) is 0 Å². The van der Waals surface area contributed by atoms with Crippen molar-refractivity contribution in [3.8, 4) is 0 Å². The molecule has 6 N–H and O–H groups in total. The molecule has 1 unspecified atom stereocenters. The maximum absolute atomic E-state index is 11.6. The lowest BCUT2D eigenvalue weighted by Gasteiger charge is -2.10. The topological polar surface area (TPSA) is 136 Å². The number of carbonyl (C=O) groups excluding carboxylic acids is 2. The van der Waals surface area contributed by atoms with E-state index in [0.717, 1.165) is 11.3 Å². The highest BCUT2D eigenvalue weighted by Crippen LogP contribution is 2.22. The Morgan fingerprint density at radius 3 is 2.67 bits per heavy atom. The van der Waals surface area contributed by atoms with Gasteiger partial charge in [-0.1, -0.05) is 0 Å². The van der Waals surface area contributed by atoms with Crippen LogP contribution in [0.25, 0.3) is 0 Å². The highest BCUT2D eigenvalue weighted by molar-refractivity contribution is 7.14. The van der Waals surface area contributed by atoms with Crippen LogP contribution < -0.4 is 16.8 Å². The van der Waals surface area contributed by atoms with Gasteiger partial charge in [-0.2, -0.15) is 0 Å². The summed E-state index contributed by atoms with van der Waals surface area (Å²) < 4.78 is 0. The molecule has 0 radical (unpaired) electrons. The van der Waals surface area contributed by atoms with E-state index in [2.05, 4.69) is 5.32 Å². The van der Waals surface area contributed by atoms with Crippen LogP contribution in [0.5, 0.6) is 0 Å². The molecule has 0 fully saturated rings. The molecule has 2 amide bonds. The molecule has 0 aliphatic rings. The second-order valence-electron chi connectivity index (χ2n) is 3.56. The van der Waals surface area contributed by atoms with E-state index >= 15 is 0 Å². The minimum Gasteiger partial charge on any atom is -0.481 e. The smallest absolute Gasteiger partial charge is 0.303 e. The molecule has 1 aromatic heterocycles. The van der Waals surface area contributed by atoms with Gasteiger partial charge in [0, 0.05) is 6.42 Å². The molecule has 8 heteroatoms. The number of nitrogens with one attached hydrogen (secondary N) is 1. The summed E-state index contributed by atoms with van der Waals surface area (Å²) in [6.07, 6.45) is -0.167. The van der Waals surface area contributed by atoms with Crippen molar-refractivity contribution in [2.75, 3.05) is 5.32 Å². The van der Waals surface area contributed by atoms with E-state index < -0.39 is 23.8 Å². The van der Waals surface area contributed by atoms with E-state index in [1.54, 1.807) is 5.38 Å². The third-order valence-electron chi connectivity index (χ3n) is 2.17. The first-order valence-electron chi connectivity index (χ1n) is 5.07. The maximum atomic E-state index is 11.6. The number of aliphatic carboxylic acids is 1. The monoisotopic (exact) mass is 271 g/mol. The molecule has 0 bridgehead atoms. The average Bonchev–Trinajstić information content (AvgIpc) is 2.73. The van der Waals surface area contributed by atoms with Gasteiger partial charge in [-0.15, -0.1) is 11.3 Å². The normalized spacial score (nSPS) is 11.8. The first-order chi connectivity index (χ1) is 8.41. The number of hydrogen-bond donors (Lipinski definition) is 4. The zero-order chi connectivity index (χ0) is 13.7. The summed E-state index contributed by atoms with van der Waals surface area (Å²) in [5.41, 5.74) is 10.8. The van der Waals surface area contributed by atoms with E-state index in [-0.39, 0.29) is 18.4 Å². The van der Waals surface area contributed by atoms with Crippen molar-refractivity contribution in [1.29, 1.82) is 0 Å². The summed E-state index contributed by atoms with van der Waals surface area (Å²) in [5.74, 6) is -2.21. The first-order valence-corrected chi connectivity index (χ1v) is 5.95. The van der Waals surface area contributed by atoms with Gasteiger partial charge in [-0.05, 0) is 17.9 Å². The molecule has 18 heavy (non-hydrogen) atoms. The third kappa shape index (κ3) is 3.82. The van der Waals surface area contributed by atoms with Gasteiger partial charge in [0.15, 0.2) is 0 Å². The number of amides is 2. The van der Waals surface area contributed by atoms with Crippen molar-refractivity contribution in [2.24, 2.45) is 11.5 Å². The fourth-order valence-electron chi connectivity index (χ4n) is 1.21. The van der Waals surface area contributed by atoms with E-state index in [1.165, 1.54) is 6.07 Å². The Kier molecular flexibility index (Phi) is 4.81. The Morgan fingerprint density at radius 2 is 2.11 bits per heavy atom. The van der Waals surface area contributed by atoms with E-state index in [9.17, 15) is 14.4 Å². The summed E-state index contributed by atoms with van der Waals surface area (Å²) in [5, 5.41) is 12.9. The maximum Gasteiger partial charge on any atom is 0.303 e. The number of primary amides is 1.